The second-order valence-corrected chi connectivity index (χ2v) is 8.03. The molecule has 0 aromatic carbocycles. The maximum Gasteiger partial charge on any atom is 0.193 e. The Morgan fingerprint density at radius 3 is 2.68 bits per heavy atom. The van der Waals surface area contributed by atoms with Crippen LogP contribution in [-0.2, 0) is 4.74 Å². The first-order valence-corrected chi connectivity index (χ1v) is 9.80. The molecule has 1 aliphatic heterocycles. The van der Waals surface area contributed by atoms with Crippen LogP contribution in [0, 0.1) is 17.8 Å². The molecule has 5 nitrogen and oxygen atoms in total. The van der Waals surface area contributed by atoms with Crippen LogP contribution in [-0.4, -0.2) is 75.8 Å². The van der Waals surface area contributed by atoms with Crippen molar-refractivity contribution >= 4 is 29.9 Å². The Kier molecular flexibility index (Phi) is 11.3. The van der Waals surface area contributed by atoms with Gasteiger partial charge in [0.05, 0.1) is 6.61 Å². The number of aliphatic imine (C=N–C) groups is 1. The van der Waals surface area contributed by atoms with Gasteiger partial charge in [-0.2, -0.15) is 0 Å². The molecule has 0 amide bonds. The summed E-state index contributed by atoms with van der Waals surface area (Å²) in [4.78, 5) is 9.23. The van der Waals surface area contributed by atoms with E-state index < -0.39 is 0 Å². The van der Waals surface area contributed by atoms with Gasteiger partial charge >= 0.3 is 0 Å². The Hall–Kier alpha value is -0.0800. The smallest absolute Gasteiger partial charge is 0.193 e. The first-order chi connectivity index (χ1) is 11.6. The van der Waals surface area contributed by atoms with E-state index in [-0.39, 0.29) is 24.0 Å². The number of nitrogens with zero attached hydrogens (tertiary/aromatic N) is 3. The molecule has 25 heavy (non-hydrogen) atoms. The fourth-order valence-corrected chi connectivity index (χ4v) is 3.46. The van der Waals surface area contributed by atoms with Crippen LogP contribution in [0.3, 0.4) is 0 Å². The van der Waals surface area contributed by atoms with Crippen LogP contribution < -0.4 is 5.32 Å². The molecule has 1 N–H and O–H groups in total. The summed E-state index contributed by atoms with van der Waals surface area (Å²) in [5, 5.41) is 3.57. The third kappa shape index (κ3) is 9.43. The SMILES string of the molecule is CN=C(NCC1CCCN(CC(C)C)C1)N(C)CCOCC1CC1.I. The third-order valence-corrected chi connectivity index (χ3v) is 4.97. The monoisotopic (exact) mass is 466 g/mol. The second-order valence-electron chi connectivity index (χ2n) is 8.03. The molecule has 2 aliphatic rings. The quantitative estimate of drug-likeness (QED) is 0.246. The summed E-state index contributed by atoms with van der Waals surface area (Å²) in [6, 6.07) is 0. The fraction of sp³-hybridized carbons (Fsp3) is 0.947. The zero-order chi connectivity index (χ0) is 17.4. The lowest BCUT2D eigenvalue weighted by atomic mass is 9.97. The minimum absolute atomic E-state index is 0. The van der Waals surface area contributed by atoms with Gasteiger partial charge in [-0.25, -0.2) is 0 Å². The van der Waals surface area contributed by atoms with E-state index in [0.717, 1.165) is 50.0 Å². The third-order valence-electron chi connectivity index (χ3n) is 4.97. The number of hydrogen-bond donors (Lipinski definition) is 1. The number of nitrogens with one attached hydrogen (secondary N) is 1. The first kappa shape index (κ1) is 23.0. The number of likely N-dealkylation sites (tertiary alicyclic amines) is 1. The maximum atomic E-state index is 5.74. The van der Waals surface area contributed by atoms with E-state index in [9.17, 15) is 0 Å². The van der Waals surface area contributed by atoms with Crippen LogP contribution in [0.1, 0.15) is 39.5 Å². The molecule has 6 heteroatoms. The summed E-state index contributed by atoms with van der Waals surface area (Å²) in [6.45, 7) is 12.0. The van der Waals surface area contributed by atoms with Gasteiger partial charge in [0, 0.05) is 46.9 Å². The first-order valence-electron chi connectivity index (χ1n) is 9.80. The molecule has 1 saturated carbocycles. The van der Waals surface area contributed by atoms with E-state index >= 15 is 0 Å². The molecular formula is C19H39IN4O. The average molecular weight is 466 g/mol. The van der Waals surface area contributed by atoms with E-state index in [1.807, 2.05) is 7.05 Å². The number of likely N-dealkylation sites (N-methyl/N-ethyl adjacent to an activating group) is 1. The Labute approximate surface area is 172 Å². The lowest BCUT2D eigenvalue weighted by molar-refractivity contribution is 0.115. The Balaban J connectivity index is 0.00000312. The number of hydrogen-bond acceptors (Lipinski definition) is 3. The number of ether oxygens (including phenoxy) is 1. The molecular weight excluding hydrogens is 427 g/mol. The van der Waals surface area contributed by atoms with Crippen LogP contribution in [0.5, 0.6) is 0 Å². The van der Waals surface area contributed by atoms with Crippen molar-refractivity contribution in [2.75, 3.05) is 60.0 Å². The van der Waals surface area contributed by atoms with Gasteiger partial charge in [0.15, 0.2) is 5.96 Å². The van der Waals surface area contributed by atoms with Crippen molar-refractivity contribution in [2.45, 2.75) is 39.5 Å². The van der Waals surface area contributed by atoms with Gasteiger partial charge in [-0.15, -0.1) is 24.0 Å². The zero-order valence-corrected chi connectivity index (χ0v) is 19.0. The molecule has 1 unspecified atom stereocenters. The summed E-state index contributed by atoms with van der Waals surface area (Å²) in [7, 11) is 3.97. The Bertz CT molecular complexity index is 388. The van der Waals surface area contributed by atoms with E-state index in [1.54, 1.807) is 0 Å². The topological polar surface area (TPSA) is 40.1 Å². The standard InChI is InChI=1S/C19H38N4O.HI/c1-16(2)13-23-9-5-6-18(14-23)12-21-19(20-3)22(4)10-11-24-15-17-7-8-17;/h16-18H,5-15H2,1-4H3,(H,20,21);1H. The van der Waals surface area contributed by atoms with Crippen LogP contribution >= 0.6 is 24.0 Å². The van der Waals surface area contributed by atoms with Crippen LogP contribution in [0.25, 0.3) is 0 Å². The van der Waals surface area contributed by atoms with Gasteiger partial charge in [-0.1, -0.05) is 13.8 Å². The maximum absolute atomic E-state index is 5.74. The lowest BCUT2D eigenvalue weighted by Gasteiger charge is -2.34. The molecule has 0 aromatic rings. The molecule has 0 bridgehead atoms. The van der Waals surface area contributed by atoms with E-state index in [2.05, 4.69) is 41.0 Å². The highest BCUT2D eigenvalue weighted by molar-refractivity contribution is 14.0. The van der Waals surface area contributed by atoms with Gasteiger partial charge in [0.1, 0.15) is 0 Å². The molecule has 1 aliphatic carbocycles. The molecule has 148 valence electrons. The van der Waals surface area contributed by atoms with Crippen LogP contribution in [0.15, 0.2) is 4.99 Å². The van der Waals surface area contributed by atoms with Gasteiger partial charge in [0.25, 0.3) is 0 Å². The molecule has 0 spiro atoms. The van der Waals surface area contributed by atoms with Crippen molar-refractivity contribution in [1.29, 1.82) is 0 Å². The molecule has 2 fully saturated rings. The molecule has 1 saturated heterocycles. The van der Waals surface area contributed by atoms with Gasteiger partial charge < -0.3 is 19.9 Å². The number of guanidine groups is 1. The summed E-state index contributed by atoms with van der Waals surface area (Å²) < 4.78 is 5.74. The minimum atomic E-state index is 0. The van der Waals surface area contributed by atoms with Crippen molar-refractivity contribution in [2.24, 2.45) is 22.7 Å². The normalized spacial score (nSPS) is 22.0. The van der Waals surface area contributed by atoms with Crippen LogP contribution in [0.4, 0.5) is 0 Å². The van der Waals surface area contributed by atoms with Crippen molar-refractivity contribution in [3.05, 3.63) is 0 Å². The van der Waals surface area contributed by atoms with E-state index in [0.29, 0.717) is 0 Å². The number of piperidine rings is 1. The zero-order valence-electron chi connectivity index (χ0n) is 16.7. The summed E-state index contributed by atoms with van der Waals surface area (Å²) in [5.74, 6) is 3.32. The fourth-order valence-electron chi connectivity index (χ4n) is 3.46. The predicted molar refractivity (Wildman–Crippen MR) is 117 cm³/mol. The highest BCUT2D eigenvalue weighted by atomic mass is 127. The Morgan fingerprint density at radius 1 is 1.28 bits per heavy atom. The van der Waals surface area contributed by atoms with Crippen molar-refractivity contribution < 1.29 is 4.74 Å². The lowest BCUT2D eigenvalue weighted by Crippen LogP contribution is -2.46. The highest BCUT2D eigenvalue weighted by Crippen LogP contribution is 2.28. The predicted octanol–water partition coefficient (Wildman–Crippen LogP) is 2.91. The molecule has 0 aromatic heterocycles. The highest BCUT2D eigenvalue weighted by Gasteiger charge is 2.22. The molecule has 1 atom stereocenters. The molecule has 2 rings (SSSR count). The van der Waals surface area contributed by atoms with Crippen molar-refractivity contribution in [1.82, 2.24) is 15.1 Å². The Morgan fingerprint density at radius 2 is 2.04 bits per heavy atom. The van der Waals surface area contributed by atoms with Crippen molar-refractivity contribution in [3.63, 3.8) is 0 Å². The van der Waals surface area contributed by atoms with E-state index in [1.165, 1.54) is 45.3 Å². The van der Waals surface area contributed by atoms with Gasteiger partial charge in [0.2, 0.25) is 0 Å². The van der Waals surface area contributed by atoms with E-state index in [4.69, 9.17) is 4.74 Å². The summed E-state index contributed by atoms with van der Waals surface area (Å²) >= 11 is 0. The van der Waals surface area contributed by atoms with Crippen molar-refractivity contribution in [3.8, 4) is 0 Å². The minimum Gasteiger partial charge on any atom is -0.379 e. The average Bonchev–Trinajstić information content (AvgIpc) is 3.36. The second kappa shape index (κ2) is 12.3. The molecule has 0 radical (unpaired) electrons. The number of rotatable bonds is 9. The largest absolute Gasteiger partial charge is 0.379 e. The molecule has 1 heterocycles. The summed E-state index contributed by atoms with van der Waals surface area (Å²) in [5.41, 5.74) is 0. The van der Waals surface area contributed by atoms with Gasteiger partial charge in [-0.3, -0.25) is 4.99 Å². The summed E-state index contributed by atoms with van der Waals surface area (Å²) in [6.07, 6.45) is 5.36. The van der Waals surface area contributed by atoms with Gasteiger partial charge in [-0.05, 0) is 50.0 Å². The van der Waals surface area contributed by atoms with Crippen LogP contribution in [0.2, 0.25) is 0 Å². The number of halogens is 1.